The Bertz CT molecular complexity index is 195. The highest BCUT2D eigenvalue weighted by molar-refractivity contribution is 5.84. The van der Waals surface area contributed by atoms with E-state index in [0.717, 1.165) is 0 Å². The monoisotopic (exact) mass is 199 g/mol. The molecular weight excluding hydrogens is 174 g/mol. The summed E-state index contributed by atoms with van der Waals surface area (Å²) in [6.45, 7) is 14.5. The molecule has 84 valence electrons. The molecule has 0 rings (SSSR count). The predicted octanol–water partition coefficient (Wildman–Crippen LogP) is 2.77. The van der Waals surface area contributed by atoms with E-state index in [9.17, 15) is 4.79 Å². The molecule has 0 spiro atoms. The number of rotatable bonds is 3. The van der Waals surface area contributed by atoms with Gasteiger partial charge in [-0.25, -0.2) is 0 Å². The molecule has 0 aliphatic heterocycles. The SMILES string of the molecule is CCC(=O)C(NC(C)(C)C)C(C)(C)C. The Morgan fingerprint density at radius 1 is 1.14 bits per heavy atom. The van der Waals surface area contributed by atoms with Crippen molar-refractivity contribution in [1.82, 2.24) is 5.32 Å². The molecule has 0 heterocycles. The fourth-order valence-corrected chi connectivity index (χ4v) is 1.42. The minimum atomic E-state index is -0.0486. The number of Topliss-reactive ketones (excluding diaryl/α,β-unsaturated/α-hetero) is 1. The van der Waals surface area contributed by atoms with Crippen LogP contribution in [0.25, 0.3) is 0 Å². The molecule has 0 bridgehead atoms. The van der Waals surface area contributed by atoms with Gasteiger partial charge in [-0.05, 0) is 26.2 Å². The number of ketones is 1. The fourth-order valence-electron chi connectivity index (χ4n) is 1.42. The Kier molecular flexibility index (Phi) is 4.32. The van der Waals surface area contributed by atoms with Crippen molar-refractivity contribution in [2.45, 2.75) is 66.5 Å². The summed E-state index contributed by atoms with van der Waals surface area (Å²) in [7, 11) is 0. The second-order valence-corrected chi connectivity index (χ2v) is 6.01. The molecule has 0 saturated carbocycles. The van der Waals surface area contributed by atoms with Crippen LogP contribution in [0, 0.1) is 5.41 Å². The van der Waals surface area contributed by atoms with Crippen molar-refractivity contribution in [3.05, 3.63) is 0 Å². The summed E-state index contributed by atoms with van der Waals surface area (Å²) in [5.74, 6) is 0.299. The average molecular weight is 199 g/mol. The van der Waals surface area contributed by atoms with E-state index >= 15 is 0 Å². The molecule has 0 aliphatic rings. The van der Waals surface area contributed by atoms with Crippen molar-refractivity contribution in [2.24, 2.45) is 5.41 Å². The molecule has 2 heteroatoms. The van der Waals surface area contributed by atoms with Gasteiger partial charge in [-0.1, -0.05) is 27.7 Å². The van der Waals surface area contributed by atoms with E-state index < -0.39 is 0 Å². The van der Waals surface area contributed by atoms with Crippen molar-refractivity contribution >= 4 is 5.78 Å². The Labute approximate surface area is 88.5 Å². The molecule has 1 atom stereocenters. The zero-order valence-electron chi connectivity index (χ0n) is 10.7. The summed E-state index contributed by atoms with van der Waals surface area (Å²) in [5.41, 5.74) is -0.0247. The molecule has 0 aromatic carbocycles. The van der Waals surface area contributed by atoms with Gasteiger partial charge in [-0.2, -0.15) is 0 Å². The van der Waals surface area contributed by atoms with Gasteiger partial charge < -0.3 is 5.32 Å². The first-order chi connectivity index (χ1) is 6.08. The fraction of sp³-hybridized carbons (Fsp3) is 0.917. The van der Waals surface area contributed by atoms with E-state index in [1.165, 1.54) is 0 Å². The Hall–Kier alpha value is -0.370. The highest BCUT2D eigenvalue weighted by Crippen LogP contribution is 2.23. The van der Waals surface area contributed by atoms with Crippen molar-refractivity contribution in [2.75, 3.05) is 0 Å². The first kappa shape index (κ1) is 13.6. The second kappa shape index (κ2) is 4.43. The van der Waals surface area contributed by atoms with Gasteiger partial charge in [0.1, 0.15) is 5.78 Å². The Balaban J connectivity index is 4.67. The van der Waals surface area contributed by atoms with Crippen LogP contribution >= 0.6 is 0 Å². The van der Waals surface area contributed by atoms with Gasteiger partial charge in [0.25, 0.3) is 0 Å². The zero-order chi connectivity index (χ0) is 11.6. The molecule has 14 heavy (non-hydrogen) atoms. The van der Waals surface area contributed by atoms with Crippen LogP contribution in [0.5, 0.6) is 0 Å². The average Bonchev–Trinajstić information content (AvgIpc) is 1.95. The van der Waals surface area contributed by atoms with E-state index in [1.54, 1.807) is 0 Å². The van der Waals surface area contributed by atoms with Gasteiger partial charge in [0.2, 0.25) is 0 Å². The van der Waals surface area contributed by atoms with Crippen molar-refractivity contribution in [1.29, 1.82) is 0 Å². The summed E-state index contributed by atoms with van der Waals surface area (Å²) in [4.78, 5) is 11.8. The predicted molar refractivity (Wildman–Crippen MR) is 61.4 cm³/mol. The number of carbonyl (C=O) groups excluding carboxylic acids is 1. The van der Waals surface area contributed by atoms with Crippen LogP contribution in [0.4, 0.5) is 0 Å². The van der Waals surface area contributed by atoms with Crippen LogP contribution in [0.1, 0.15) is 54.9 Å². The molecule has 1 unspecified atom stereocenters. The number of hydrogen-bond donors (Lipinski definition) is 1. The highest BCUT2D eigenvalue weighted by Gasteiger charge is 2.32. The smallest absolute Gasteiger partial charge is 0.150 e. The van der Waals surface area contributed by atoms with Crippen LogP contribution in [0.2, 0.25) is 0 Å². The lowest BCUT2D eigenvalue weighted by atomic mass is 9.82. The third kappa shape index (κ3) is 4.75. The van der Waals surface area contributed by atoms with Gasteiger partial charge in [-0.15, -0.1) is 0 Å². The molecule has 1 N–H and O–H groups in total. The van der Waals surface area contributed by atoms with Crippen LogP contribution in [-0.2, 0) is 4.79 Å². The summed E-state index contributed by atoms with van der Waals surface area (Å²) in [6.07, 6.45) is 0.602. The van der Waals surface area contributed by atoms with E-state index in [-0.39, 0.29) is 17.0 Å². The van der Waals surface area contributed by atoms with Gasteiger partial charge in [0.15, 0.2) is 0 Å². The van der Waals surface area contributed by atoms with Crippen molar-refractivity contribution in [3.8, 4) is 0 Å². The molecule has 0 saturated heterocycles. The summed E-state index contributed by atoms with van der Waals surface area (Å²) >= 11 is 0. The first-order valence-electron chi connectivity index (χ1n) is 5.38. The quantitative estimate of drug-likeness (QED) is 0.757. The van der Waals surface area contributed by atoms with Crippen LogP contribution < -0.4 is 5.32 Å². The standard InChI is InChI=1S/C12H25NO/c1-8-9(14)10(11(2,3)4)13-12(5,6)7/h10,13H,8H2,1-7H3. The topological polar surface area (TPSA) is 29.1 Å². The van der Waals surface area contributed by atoms with E-state index in [4.69, 9.17) is 0 Å². The van der Waals surface area contributed by atoms with Gasteiger partial charge in [0.05, 0.1) is 6.04 Å². The van der Waals surface area contributed by atoms with Crippen LogP contribution in [-0.4, -0.2) is 17.4 Å². The lowest BCUT2D eigenvalue weighted by molar-refractivity contribution is -0.123. The largest absolute Gasteiger partial charge is 0.302 e. The van der Waals surface area contributed by atoms with Crippen LogP contribution in [0.15, 0.2) is 0 Å². The Morgan fingerprint density at radius 2 is 1.57 bits per heavy atom. The molecule has 0 radical (unpaired) electrons. The molecule has 2 nitrogen and oxygen atoms in total. The van der Waals surface area contributed by atoms with E-state index in [0.29, 0.717) is 12.2 Å². The minimum absolute atomic E-state index is 0.0111. The van der Waals surface area contributed by atoms with Gasteiger partial charge >= 0.3 is 0 Å². The van der Waals surface area contributed by atoms with Crippen LogP contribution in [0.3, 0.4) is 0 Å². The molecule has 0 aliphatic carbocycles. The molecule has 0 aromatic rings. The third-order valence-corrected chi connectivity index (χ3v) is 2.11. The molecule has 0 aromatic heterocycles. The Morgan fingerprint density at radius 3 is 1.79 bits per heavy atom. The third-order valence-electron chi connectivity index (χ3n) is 2.11. The van der Waals surface area contributed by atoms with Crippen molar-refractivity contribution in [3.63, 3.8) is 0 Å². The van der Waals surface area contributed by atoms with E-state index in [1.807, 2.05) is 6.92 Å². The molecule has 0 amide bonds. The zero-order valence-corrected chi connectivity index (χ0v) is 10.7. The molecular formula is C12H25NO. The van der Waals surface area contributed by atoms with Gasteiger partial charge in [0, 0.05) is 12.0 Å². The maximum Gasteiger partial charge on any atom is 0.150 e. The highest BCUT2D eigenvalue weighted by atomic mass is 16.1. The number of carbonyl (C=O) groups is 1. The number of nitrogens with one attached hydrogen (secondary N) is 1. The summed E-state index contributed by atoms with van der Waals surface area (Å²) in [5, 5.41) is 3.40. The molecule has 0 fully saturated rings. The minimum Gasteiger partial charge on any atom is -0.302 e. The normalized spacial score (nSPS) is 15.4. The van der Waals surface area contributed by atoms with E-state index in [2.05, 4.69) is 46.9 Å². The summed E-state index contributed by atoms with van der Waals surface area (Å²) in [6, 6.07) is -0.0486. The lowest BCUT2D eigenvalue weighted by Gasteiger charge is -2.36. The summed E-state index contributed by atoms with van der Waals surface area (Å²) < 4.78 is 0. The van der Waals surface area contributed by atoms with Gasteiger partial charge in [-0.3, -0.25) is 4.79 Å². The maximum absolute atomic E-state index is 11.8. The number of hydrogen-bond acceptors (Lipinski definition) is 2. The second-order valence-electron chi connectivity index (χ2n) is 6.01. The first-order valence-corrected chi connectivity index (χ1v) is 5.38. The van der Waals surface area contributed by atoms with Crippen molar-refractivity contribution < 1.29 is 4.79 Å². The lowest BCUT2D eigenvalue weighted by Crippen LogP contribution is -2.53. The maximum atomic E-state index is 11.8.